The summed E-state index contributed by atoms with van der Waals surface area (Å²) in [6.07, 6.45) is 4.07. The van der Waals surface area contributed by atoms with Crippen molar-refractivity contribution in [3.05, 3.63) is 29.6 Å². The highest BCUT2D eigenvalue weighted by Gasteiger charge is 2.37. The molecular formula is C15H15FN2O3. The van der Waals surface area contributed by atoms with Crippen LogP contribution in [0.15, 0.2) is 18.2 Å². The molecular weight excluding hydrogens is 275 g/mol. The Labute approximate surface area is 121 Å². The van der Waals surface area contributed by atoms with Crippen molar-refractivity contribution < 1.29 is 18.8 Å². The van der Waals surface area contributed by atoms with Gasteiger partial charge in [0.1, 0.15) is 12.4 Å². The van der Waals surface area contributed by atoms with E-state index in [9.17, 15) is 18.8 Å². The van der Waals surface area contributed by atoms with Gasteiger partial charge in [-0.3, -0.25) is 19.3 Å². The van der Waals surface area contributed by atoms with Crippen LogP contribution < -0.4 is 10.2 Å². The van der Waals surface area contributed by atoms with Gasteiger partial charge in [0, 0.05) is 6.04 Å². The summed E-state index contributed by atoms with van der Waals surface area (Å²) in [5.74, 6) is -2.41. The third-order valence-corrected chi connectivity index (χ3v) is 3.96. The van der Waals surface area contributed by atoms with Crippen molar-refractivity contribution in [1.82, 2.24) is 5.32 Å². The van der Waals surface area contributed by atoms with Gasteiger partial charge >= 0.3 is 0 Å². The average Bonchev–Trinajstić information content (AvgIpc) is 3.02. The zero-order valence-electron chi connectivity index (χ0n) is 11.4. The van der Waals surface area contributed by atoms with Gasteiger partial charge in [-0.25, -0.2) is 4.39 Å². The molecule has 6 heteroatoms. The van der Waals surface area contributed by atoms with Gasteiger partial charge in [0.05, 0.1) is 11.3 Å². The lowest BCUT2D eigenvalue weighted by Crippen LogP contribution is -2.43. The quantitative estimate of drug-likeness (QED) is 0.856. The number of hydrogen-bond acceptors (Lipinski definition) is 3. The van der Waals surface area contributed by atoms with E-state index in [0.29, 0.717) is 5.69 Å². The van der Waals surface area contributed by atoms with E-state index in [2.05, 4.69) is 5.32 Å². The van der Waals surface area contributed by atoms with Gasteiger partial charge in [-0.1, -0.05) is 12.8 Å². The highest BCUT2D eigenvalue weighted by Crippen LogP contribution is 2.29. The summed E-state index contributed by atoms with van der Waals surface area (Å²) in [5.41, 5.74) is 0.321. The first-order valence-electron chi connectivity index (χ1n) is 7.01. The second-order valence-corrected chi connectivity index (χ2v) is 5.43. The first kappa shape index (κ1) is 13.7. The molecule has 3 rings (SSSR count). The number of carbonyl (C=O) groups excluding carboxylic acids is 3. The first-order chi connectivity index (χ1) is 10.1. The number of anilines is 1. The number of nitrogens with zero attached hydrogens (tertiary/aromatic N) is 1. The van der Waals surface area contributed by atoms with Gasteiger partial charge in [-0.05, 0) is 31.0 Å². The highest BCUT2D eigenvalue weighted by molar-refractivity contribution is 6.52. The second-order valence-electron chi connectivity index (χ2n) is 5.43. The van der Waals surface area contributed by atoms with Gasteiger partial charge in [0.15, 0.2) is 0 Å². The minimum absolute atomic E-state index is 0.0219. The molecule has 0 unspecified atom stereocenters. The van der Waals surface area contributed by atoms with Crippen molar-refractivity contribution in [2.75, 3.05) is 11.4 Å². The number of fused-ring (bicyclic) bond motifs is 1. The average molecular weight is 290 g/mol. The Morgan fingerprint density at radius 2 is 2.00 bits per heavy atom. The largest absolute Gasteiger partial charge is 0.352 e. The number of Topliss-reactive ketones (excluding diaryl/α,β-unsaturated/α-hetero) is 1. The number of ketones is 1. The number of rotatable bonds is 3. The van der Waals surface area contributed by atoms with E-state index < -0.39 is 17.5 Å². The normalized spacial score (nSPS) is 18.2. The highest BCUT2D eigenvalue weighted by atomic mass is 19.1. The van der Waals surface area contributed by atoms with Crippen molar-refractivity contribution in [3.63, 3.8) is 0 Å². The molecule has 1 aliphatic heterocycles. The molecule has 0 saturated heterocycles. The first-order valence-corrected chi connectivity index (χ1v) is 7.01. The fourth-order valence-electron chi connectivity index (χ4n) is 2.92. The summed E-state index contributed by atoms with van der Waals surface area (Å²) in [6, 6.07) is 3.71. The van der Waals surface area contributed by atoms with Gasteiger partial charge < -0.3 is 5.32 Å². The minimum Gasteiger partial charge on any atom is -0.352 e. The van der Waals surface area contributed by atoms with Gasteiger partial charge in [0.25, 0.3) is 11.7 Å². The molecule has 0 atom stereocenters. The van der Waals surface area contributed by atoms with E-state index in [1.807, 2.05) is 0 Å². The fraction of sp³-hybridized carbons (Fsp3) is 0.400. The predicted molar refractivity (Wildman–Crippen MR) is 73.5 cm³/mol. The number of benzene rings is 1. The molecule has 2 amide bonds. The Kier molecular flexibility index (Phi) is 3.45. The lowest BCUT2D eigenvalue weighted by Gasteiger charge is -2.18. The monoisotopic (exact) mass is 290 g/mol. The smallest absolute Gasteiger partial charge is 0.299 e. The molecule has 1 N–H and O–H groups in total. The summed E-state index contributed by atoms with van der Waals surface area (Å²) >= 11 is 0. The number of nitrogens with one attached hydrogen (secondary N) is 1. The summed E-state index contributed by atoms with van der Waals surface area (Å²) < 4.78 is 13.2. The van der Waals surface area contributed by atoms with Crippen LogP contribution in [0.2, 0.25) is 0 Å². The standard InChI is InChI=1S/C15H15FN2O3/c16-9-5-6-12-11(7-9)14(20)15(21)18(12)8-13(19)17-10-3-1-2-4-10/h5-7,10H,1-4,8H2,(H,17,19). The van der Waals surface area contributed by atoms with Gasteiger partial charge in [0.2, 0.25) is 5.91 Å². The molecule has 1 aromatic rings. The SMILES string of the molecule is O=C(CN1C(=O)C(=O)c2cc(F)ccc21)NC1CCCC1. The molecule has 0 aromatic heterocycles. The lowest BCUT2D eigenvalue weighted by atomic mass is 10.1. The van der Waals surface area contributed by atoms with Crippen molar-refractivity contribution in [3.8, 4) is 0 Å². The number of amides is 2. The van der Waals surface area contributed by atoms with Crippen LogP contribution in [-0.4, -0.2) is 30.2 Å². The Morgan fingerprint density at radius 1 is 1.29 bits per heavy atom. The van der Waals surface area contributed by atoms with Crippen LogP contribution in [-0.2, 0) is 9.59 Å². The van der Waals surface area contributed by atoms with Gasteiger partial charge in [-0.2, -0.15) is 0 Å². The van der Waals surface area contributed by atoms with E-state index in [4.69, 9.17) is 0 Å². The second kappa shape index (κ2) is 5.27. The molecule has 1 fully saturated rings. The molecule has 0 spiro atoms. The van der Waals surface area contributed by atoms with Crippen LogP contribution in [0.4, 0.5) is 10.1 Å². The molecule has 21 heavy (non-hydrogen) atoms. The number of carbonyl (C=O) groups is 3. The third-order valence-electron chi connectivity index (χ3n) is 3.96. The molecule has 2 aliphatic rings. The van der Waals surface area contributed by atoms with E-state index in [1.165, 1.54) is 12.1 Å². The predicted octanol–water partition coefficient (Wildman–Crippen LogP) is 1.41. The van der Waals surface area contributed by atoms with Crippen LogP contribution in [0.25, 0.3) is 0 Å². The molecule has 1 heterocycles. The van der Waals surface area contributed by atoms with E-state index in [0.717, 1.165) is 36.6 Å². The van der Waals surface area contributed by atoms with Crippen LogP contribution in [0.1, 0.15) is 36.0 Å². The molecule has 5 nitrogen and oxygen atoms in total. The van der Waals surface area contributed by atoms with Crippen LogP contribution in [0, 0.1) is 5.82 Å². The van der Waals surface area contributed by atoms with Gasteiger partial charge in [-0.15, -0.1) is 0 Å². The maximum absolute atomic E-state index is 13.2. The van der Waals surface area contributed by atoms with Crippen molar-refractivity contribution in [1.29, 1.82) is 0 Å². The molecule has 1 aromatic carbocycles. The molecule has 1 saturated carbocycles. The van der Waals surface area contributed by atoms with E-state index >= 15 is 0 Å². The summed E-state index contributed by atoms with van der Waals surface area (Å²) in [6.45, 7) is -0.209. The number of hydrogen-bond donors (Lipinski definition) is 1. The minimum atomic E-state index is -0.780. The Balaban J connectivity index is 1.75. The summed E-state index contributed by atoms with van der Waals surface area (Å²) in [7, 11) is 0. The number of halogens is 1. The fourth-order valence-corrected chi connectivity index (χ4v) is 2.92. The van der Waals surface area contributed by atoms with Crippen molar-refractivity contribution in [2.45, 2.75) is 31.7 Å². The molecule has 0 radical (unpaired) electrons. The Hall–Kier alpha value is -2.24. The maximum Gasteiger partial charge on any atom is 0.299 e. The molecule has 0 bridgehead atoms. The van der Waals surface area contributed by atoms with Crippen LogP contribution in [0.5, 0.6) is 0 Å². The molecule has 110 valence electrons. The zero-order valence-corrected chi connectivity index (χ0v) is 11.4. The van der Waals surface area contributed by atoms with E-state index in [-0.39, 0.29) is 24.1 Å². The lowest BCUT2D eigenvalue weighted by molar-refractivity contribution is -0.122. The van der Waals surface area contributed by atoms with E-state index in [1.54, 1.807) is 0 Å². The molecule has 1 aliphatic carbocycles. The van der Waals surface area contributed by atoms with Crippen molar-refractivity contribution in [2.24, 2.45) is 0 Å². The maximum atomic E-state index is 13.2. The Morgan fingerprint density at radius 3 is 2.71 bits per heavy atom. The third kappa shape index (κ3) is 2.53. The van der Waals surface area contributed by atoms with Crippen LogP contribution >= 0.6 is 0 Å². The Bertz CT molecular complexity index is 623. The summed E-state index contributed by atoms with van der Waals surface area (Å²) in [5, 5.41) is 2.87. The topological polar surface area (TPSA) is 66.5 Å². The zero-order chi connectivity index (χ0) is 15.0. The van der Waals surface area contributed by atoms with Crippen molar-refractivity contribution >= 4 is 23.3 Å². The summed E-state index contributed by atoms with van der Waals surface area (Å²) in [4.78, 5) is 36.8. The van der Waals surface area contributed by atoms with Crippen LogP contribution in [0.3, 0.4) is 0 Å².